The van der Waals surface area contributed by atoms with E-state index in [1.165, 1.54) is 0 Å². The number of nitrogens with two attached hydrogens (primary N) is 1. The molecule has 1 aliphatic heterocycles. The van der Waals surface area contributed by atoms with E-state index in [9.17, 15) is 9.90 Å². The van der Waals surface area contributed by atoms with Crippen LogP contribution in [0.3, 0.4) is 0 Å². The van der Waals surface area contributed by atoms with Crippen LogP contribution in [0.25, 0.3) is 11.4 Å². The van der Waals surface area contributed by atoms with E-state index < -0.39 is 5.91 Å². The highest BCUT2D eigenvalue weighted by molar-refractivity contribution is 5.94. The van der Waals surface area contributed by atoms with Crippen molar-refractivity contribution in [2.45, 2.75) is 18.9 Å². The molecular formula is C24H30N8O3. The second-order valence-electron chi connectivity index (χ2n) is 9.03. The number of hydrogen-bond acceptors (Lipinski definition) is 9. The van der Waals surface area contributed by atoms with Gasteiger partial charge in [-0.2, -0.15) is 5.10 Å². The summed E-state index contributed by atoms with van der Waals surface area (Å²) in [7, 11) is 5.47. The molecule has 0 radical (unpaired) electrons. The summed E-state index contributed by atoms with van der Waals surface area (Å²) in [5, 5.41) is 17.6. The molecule has 5 rings (SSSR count). The number of aliphatic hydroxyl groups excluding tert-OH is 1. The highest BCUT2D eigenvalue weighted by Gasteiger charge is 2.29. The third kappa shape index (κ3) is 4.17. The lowest BCUT2D eigenvalue weighted by Gasteiger charge is -2.40. The zero-order valence-electron chi connectivity index (χ0n) is 20.2. The number of nitrogens with one attached hydrogen (secondary N) is 1. The molecule has 1 atom stereocenters. The average Bonchev–Trinajstić information content (AvgIpc) is 3.21. The van der Waals surface area contributed by atoms with Crippen LogP contribution in [0, 0.1) is 0 Å². The van der Waals surface area contributed by atoms with E-state index in [-0.39, 0.29) is 12.6 Å². The number of piperazine rings is 1. The molecule has 0 saturated carbocycles. The molecule has 11 heteroatoms. The number of anilines is 3. The molecule has 2 aromatic heterocycles. The van der Waals surface area contributed by atoms with Gasteiger partial charge in [-0.1, -0.05) is 0 Å². The largest absolute Gasteiger partial charge is 0.495 e. The van der Waals surface area contributed by atoms with Crippen molar-refractivity contribution >= 4 is 23.2 Å². The molecule has 1 aliphatic carbocycles. The van der Waals surface area contributed by atoms with E-state index in [2.05, 4.69) is 32.2 Å². The first-order chi connectivity index (χ1) is 16.9. The van der Waals surface area contributed by atoms with Crippen molar-refractivity contribution in [2.24, 2.45) is 12.8 Å². The molecule has 11 nitrogen and oxygen atoms in total. The van der Waals surface area contributed by atoms with Gasteiger partial charge in [0.05, 0.1) is 36.8 Å². The highest BCUT2D eigenvalue weighted by atomic mass is 16.5. The fourth-order valence-corrected chi connectivity index (χ4v) is 5.01. The maximum Gasteiger partial charge on any atom is 0.269 e. The molecule has 4 N–H and O–H groups in total. The van der Waals surface area contributed by atoms with Crippen LogP contribution in [0.15, 0.2) is 24.4 Å². The fraction of sp³-hybridized carbons (Fsp3) is 0.417. The molecule has 0 spiro atoms. The Hall–Kier alpha value is -3.70. The molecule has 0 unspecified atom stereocenters. The predicted molar refractivity (Wildman–Crippen MR) is 132 cm³/mol. The van der Waals surface area contributed by atoms with Crippen LogP contribution in [0.2, 0.25) is 0 Å². The smallest absolute Gasteiger partial charge is 0.269 e. The maximum absolute atomic E-state index is 11.9. The zero-order valence-corrected chi connectivity index (χ0v) is 20.2. The molecule has 2 aliphatic rings. The molecule has 1 amide bonds. The van der Waals surface area contributed by atoms with E-state index in [0.29, 0.717) is 30.2 Å². The summed E-state index contributed by atoms with van der Waals surface area (Å²) in [5.74, 6) is 0.525. The lowest BCUT2D eigenvalue weighted by Crippen LogP contribution is -2.53. The Bertz CT molecular complexity index is 1270. The number of ether oxygens (including phenoxy) is 1. The van der Waals surface area contributed by atoms with E-state index >= 15 is 0 Å². The monoisotopic (exact) mass is 478 g/mol. The number of rotatable bonds is 6. The van der Waals surface area contributed by atoms with E-state index in [1.54, 1.807) is 18.8 Å². The number of carbonyl (C=O) groups excluding carboxylic acids is 1. The van der Waals surface area contributed by atoms with Crippen LogP contribution in [-0.4, -0.2) is 82.1 Å². The number of likely N-dealkylation sites (N-methyl/N-ethyl adjacent to an activating group) is 1. The van der Waals surface area contributed by atoms with Gasteiger partial charge in [0.1, 0.15) is 5.75 Å². The highest BCUT2D eigenvalue weighted by Crippen LogP contribution is 2.36. The van der Waals surface area contributed by atoms with Gasteiger partial charge in [-0.25, -0.2) is 9.97 Å². The summed E-state index contributed by atoms with van der Waals surface area (Å²) in [4.78, 5) is 25.6. The van der Waals surface area contributed by atoms with Crippen LogP contribution in [0.4, 0.5) is 17.3 Å². The topological polar surface area (TPSA) is 135 Å². The summed E-state index contributed by atoms with van der Waals surface area (Å²) >= 11 is 0. The van der Waals surface area contributed by atoms with Gasteiger partial charge < -0.3 is 30.7 Å². The number of aromatic nitrogens is 4. The molecule has 3 heterocycles. The quantitative estimate of drug-likeness (QED) is 0.473. The summed E-state index contributed by atoms with van der Waals surface area (Å²) in [6, 6.07) is 5.91. The summed E-state index contributed by atoms with van der Waals surface area (Å²) in [6.45, 7) is 2.60. The number of carbonyl (C=O) groups is 1. The fourth-order valence-electron chi connectivity index (χ4n) is 5.01. The molecule has 1 aromatic carbocycles. The van der Waals surface area contributed by atoms with Crippen molar-refractivity contribution in [2.75, 3.05) is 50.6 Å². The Morgan fingerprint density at radius 3 is 2.86 bits per heavy atom. The number of nitrogens with zero attached hydrogens (tertiary/aromatic N) is 6. The first-order valence-corrected chi connectivity index (χ1v) is 11.6. The van der Waals surface area contributed by atoms with Gasteiger partial charge in [-0.05, 0) is 43.7 Å². The molecule has 3 aromatic rings. The Morgan fingerprint density at radius 1 is 1.29 bits per heavy atom. The SMILES string of the molecule is COc1ccc(N2CCN(C)C[C@H]2CO)cc1Nc1ncc2c(n1)-c1c(c(C(N)=O)nn1C)CC2. The Kier molecular flexibility index (Phi) is 6.03. The number of benzene rings is 1. The van der Waals surface area contributed by atoms with Crippen molar-refractivity contribution < 1.29 is 14.6 Å². The third-order valence-electron chi connectivity index (χ3n) is 6.77. The number of hydrogen-bond donors (Lipinski definition) is 3. The van der Waals surface area contributed by atoms with Gasteiger partial charge in [0.2, 0.25) is 5.95 Å². The number of aliphatic hydroxyl groups is 1. The van der Waals surface area contributed by atoms with Crippen molar-refractivity contribution in [1.29, 1.82) is 0 Å². The van der Waals surface area contributed by atoms with Crippen LogP contribution < -0.4 is 20.7 Å². The van der Waals surface area contributed by atoms with Crippen molar-refractivity contribution in [3.8, 4) is 17.1 Å². The first kappa shape index (κ1) is 23.1. The zero-order chi connectivity index (χ0) is 24.7. The van der Waals surface area contributed by atoms with Crippen molar-refractivity contribution in [3.05, 3.63) is 41.2 Å². The van der Waals surface area contributed by atoms with E-state index in [4.69, 9.17) is 15.5 Å². The number of aryl methyl sites for hydroxylation is 2. The average molecular weight is 479 g/mol. The maximum atomic E-state index is 11.9. The molecule has 184 valence electrons. The number of fused-ring (bicyclic) bond motifs is 3. The second-order valence-corrected chi connectivity index (χ2v) is 9.03. The van der Waals surface area contributed by atoms with Crippen molar-refractivity contribution in [1.82, 2.24) is 24.6 Å². The standard InChI is InChI=1S/C24H30N8O3/c1-30-8-9-32(16(12-30)13-33)15-5-7-19(35-3)18(10-15)27-24-26-11-14-4-6-17-21(23(25)34)29-31(2)22(17)20(14)28-24/h5,7,10-11,16,33H,4,6,8-9,12-13H2,1-3H3,(H2,25,34)(H,26,27,28)/t16-/m0/s1. The summed E-state index contributed by atoms with van der Waals surface area (Å²) in [5.41, 5.74) is 10.9. The predicted octanol–water partition coefficient (Wildman–Crippen LogP) is 0.940. The van der Waals surface area contributed by atoms with E-state index in [1.807, 2.05) is 24.4 Å². The Morgan fingerprint density at radius 2 is 2.11 bits per heavy atom. The molecular weight excluding hydrogens is 448 g/mol. The molecule has 35 heavy (non-hydrogen) atoms. The Labute approximate surface area is 203 Å². The first-order valence-electron chi connectivity index (χ1n) is 11.6. The van der Waals surface area contributed by atoms with Gasteiger partial charge >= 0.3 is 0 Å². The minimum absolute atomic E-state index is 0.0118. The second kappa shape index (κ2) is 9.16. The number of amides is 1. The Balaban J connectivity index is 1.49. The molecule has 1 saturated heterocycles. The van der Waals surface area contributed by atoms with Crippen LogP contribution >= 0.6 is 0 Å². The lowest BCUT2D eigenvalue weighted by molar-refractivity contribution is 0.0994. The van der Waals surface area contributed by atoms with Gasteiger partial charge in [-0.15, -0.1) is 0 Å². The van der Waals surface area contributed by atoms with Crippen LogP contribution in [0.1, 0.15) is 21.6 Å². The van der Waals surface area contributed by atoms with Crippen molar-refractivity contribution in [3.63, 3.8) is 0 Å². The normalized spacial score (nSPS) is 17.6. The summed E-state index contributed by atoms with van der Waals surface area (Å²) < 4.78 is 7.25. The van der Waals surface area contributed by atoms with Gasteiger partial charge in [0, 0.05) is 44.1 Å². The third-order valence-corrected chi connectivity index (χ3v) is 6.77. The number of methoxy groups -OCH3 is 1. The van der Waals surface area contributed by atoms with Gasteiger partial charge in [0.15, 0.2) is 5.69 Å². The molecule has 0 bridgehead atoms. The van der Waals surface area contributed by atoms with Gasteiger partial charge in [0.25, 0.3) is 5.91 Å². The van der Waals surface area contributed by atoms with Gasteiger partial charge in [-0.3, -0.25) is 9.48 Å². The number of primary amides is 1. The minimum Gasteiger partial charge on any atom is -0.495 e. The minimum atomic E-state index is -0.538. The van der Waals surface area contributed by atoms with Crippen LogP contribution in [0.5, 0.6) is 5.75 Å². The molecule has 1 fully saturated rings. The van der Waals surface area contributed by atoms with Crippen LogP contribution in [-0.2, 0) is 19.9 Å². The van der Waals surface area contributed by atoms with E-state index in [0.717, 1.165) is 53.5 Å². The summed E-state index contributed by atoms with van der Waals surface area (Å²) in [6.07, 6.45) is 3.18. The lowest BCUT2D eigenvalue weighted by atomic mass is 9.93.